The molecule has 0 aliphatic carbocycles. The molecule has 2 atom stereocenters. The summed E-state index contributed by atoms with van der Waals surface area (Å²) < 4.78 is 32.8. The summed E-state index contributed by atoms with van der Waals surface area (Å²) in [4.78, 5) is 34.9. The lowest BCUT2D eigenvalue weighted by molar-refractivity contribution is -0.161. The molecule has 9 nitrogen and oxygen atoms in total. The predicted molar refractivity (Wildman–Crippen MR) is 233 cm³/mol. The molecule has 0 aromatic carbocycles. The van der Waals surface area contributed by atoms with Gasteiger partial charge in [-0.15, -0.1) is 0 Å². The summed E-state index contributed by atoms with van der Waals surface area (Å²) in [7, 11) is -4.39. The largest absolute Gasteiger partial charge is 0.472 e. The van der Waals surface area contributed by atoms with Crippen LogP contribution in [0.2, 0.25) is 0 Å². The van der Waals surface area contributed by atoms with Gasteiger partial charge in [-0.3, -0.25) is 18.6 Å². The molecular formula is C46H82NO8P. The number of nitrogens with two attached hydrogens (primary N) is 1. The third-order valence-corrected chi connectivity index (χ3v) is 10.2. The molecule has 0 aromatic heterocycles. The third kappa shape index (κ3) is 41.3. The first-order chi connectivity index (χ1) is 27.3. The molecule has 0 fully saturated rings. The van der Waals surface area contributed by atoms with Crippen molar-refractivity contribution in [3.05, 3.63) is 60.8 Å². The molecule has 0 aliphatic heterocycles. The highest BCUT2D eigenvalue weighted by atomic mass is 31.2. The van der Waals surface area contributed by atoms with Crippen LogP contribution in [0.4, 0.5) is 0 Å². The Bertz CT molecular complexity index is 1100. The van der Waals surface area contributed by atoms with E-state index in [2.05, 4.69) is 74.6 Å². The maximum Gasteiger partial charge on any atom is 0.472 e. The fraction of sp³-hybridized carbons (Fsp3) is 0.739. The van der Waals surface area contributed by atoms with E-state index in [9.17, 15) is 19.0 Å². The number of esters is 2. The smallest absolute Gasteiger partial charge is 0.462 e. The Labute approximate surface area is 342 Å². The molecule has 56 heavy (non-hydrogen) atoms. The molecule has 0 aromatic rings. The maximum atomic E-state index is 12.6. The van der Waals surface area contributed by atoms with Crippen molar-refractivity contribution < 1.29 is 37.6 Å². The van der Waals surface area contributed by atoms with E-state index in [1.165, 1.54) is 83.5 Å². The van der Waals surface area contributed by atoms with Crippen molar-refractivity contribution in [1.29, 1.82) is 0 Å². The molecule has 3 N–H and O–H groups in total. The van der Waals surface area contributed by atoms with Gasteiger partial charge in [0.25, 0.3) is 0 Å². The van der Waals surface area contributed by atoms with Gasteiger partial charge in [-0.25, -0.2) is 4.57 Å². The average Bonchev–Trinajstić information content (AvgIpc) is 3.18. The molecule has 324 valence electrons. The lowest BCUT2D eigenvalue weighted by atomic mass is 10.0. The van der Waals surface area contributed by atoms with Crippen molar-refractivity contribution in [3.8, 4) is 0 Å². The standard InChI is InChI=1S/C46H82NO8P/c1-3-5-7-9-11-13-15-17-19-21-22-23-25-27-29-31-33-35-37-39-46(49)55-44(43-54-56(50,51)53-41-40-47)42-52-45(48)38-36-34-32-30-28-26-24-20-18-16-14-12-10-8-6-4-2/h5,7,11,13,17,19,22-23,27,29,44H,3-4,6,8-10,12,14-16,18,20-21,24-26,28,30-43,47H2,1-2H3,(H,50,51)/b7-5-,13-11-,19-17-,23-22-,29-27-. The van der Waals surface area contributed by atoms with E-state index in [1.54, 1.807) is 0 Å². The van der Waals surface area contributed by atoms with Gasteiger partial charge in [0.05, 0.1) is 13.2 Å². The van der Waals surface area contributed by atoms with Crippen molar-refractivity contribution in [2.45, 2.75) is 193 Å². The Hall–Kier alpha value is -2.29. The fourth-order valence-corrected chi connectivity index (χ4v) is 6.66. The summed E-state index contributed by atoms with van der Waals surface area (Å²) in [5.41, 5.74) is 5.35. The number of carbonyl (C=O) groups is 2. The molecule has 0 bridgehead atoms. The molecule has 0 saturated heterocycles. The zero-order chi connectivity index (χ0) is 41.1. The Morgan fingerprint density at radius 3 is 1.46 bits per heavy atom. The summed E-state index contributed by atoms with van der Waals surface area (Å²) in [6, 6.07) is 0. The number of allylic oxidation sites excluding steroid dienone is 10. The van der Waals surface area contributed by atoms with Crippen LogP contribution in [-0.2, 0) is 32.7 Å². The third-order valence-electron chi connectivity index (χ3n) is 9.17. The molecule has 0 amide bonds. The molecule has 10 heteroatoms. The first-order valence-corrected chi connectivity index (χ1v) is 23.8. The second-order valence-corrected chi connectivity index (χ2v) is 16.0. The highest BCUT2D eigenvalue weighted by Crippen LogP contribution is 2.43. The van der Waals surface area contributed by atoms with Gasteiger partial charge >= 0.3 is 19.8 Å². The van der Waals surface area contributed by atoms with Gasteiger partial charge in [-0.2, -0.15) is 0 Å². The van der Waals surface area contributed by atoms with Crippen molar-refractivity contribution in [2.75, 3.05) is 26.4 Å². The van der Waals surface area contributed by atoms with Gasteiger partial charge < -0.3 is 20.1 Å². The van der Waals surface area contributed by atoms with Crippen molar-refractivity contribution in [3.63, 3.8) is 0 Å². The van der Waals surface area contributed by atoms with Crippen LogP contribution in [0.15, 0.2) is 60.8 Å². The van der Waals surface area contributed by atoms with Crippen LogP contribution < -0.4 is 5.73 Å². The van der Waals surface area contributed by atoms with Crippen molar-refractivity contribution in [1.82, 2.24) is 0 Å². The van der Waals surface area contributed by atoms with E-state index in [1.807, 2.05) is 0 Å². The molecule has 0 radical (unpaired) electrons. The van der Waals surface area contributed by atoms with E-state index >= 15 is 0 Å². The van der Waals surface area contributed by atoms with E-state index in [-0.39, 0.29) is 32.6 Å². The van der Waals surface area contributed by atoms with Gasteiger partial charge in [-0.05, 0) is 57.8 Å². The lowest BCUT2D eigenvalue weighted by Gasteiger charge is -2.19. The van der Waals surface area contributed by atoms with Crippen LogP contribution in [0.3, 0.4) is 0 Å². The molecule has 0 heterocycles. The van der Waals surface area contributed by atoms with Crippen LogP contribution in [0.1, 0.15) is 187 Å². The van der Waals surface area contributed by atoms with Crippen LogP contribution in [0.5, 0.6) is 0 Å². The molecule has 2 unspecified atom stereocenters. The zero-order valence-electron chi connectivity index (χ0n) is 35.6. The van der Waals surface area contributed by atoms with E-state index in [4.69, 9.17) is 24.3 Å². The Morgan fingerprint density at radius 1 is 0.554 bits per heavy atom. The minimum absolute atomic E-state index is 0.0460. The Balaban J connectivity index is 4.21. The molecule has 0 aliphatic rings. The van der Waals surface area contributed by atoms with Crippen LogP contribution in [-0.4, -0.2) is 49.3 Å². The van der Waals surface area contributed by atoms with Gasteiger partial charge in [-0.1, -0.05) is 177 Å². The monoisotopic (exact) mass is 808 g/mol. The molecule has 0 saturated carbocycles. The summed E-state index contributed by atoms with van der Waals surface area (Å²) in [5, 5.41) is 0. The number of phosphoric ester groups is 1. The quantitative estimate of drug-likeness (QED) is 0.0268. The Kier molecular flexibility index (Phi) is 40.6. The number of unbranched alkanes of at least 4 members (excludes halogenated alkanes) is 18. The second-order valence-electron chi connectivity index (χ2n) is 14.5. The number of carbonyl (C=O) groups excluding carboxylic acids is 2. The highest BCUT2D eigenvalue weighted by molar-refractivity contribution is 7.47. The van der Waals surface area contributed by atoms with Gasteiger partial charge in [0.15, 0.2) is 6.10 Å². The number of phosphoric acid groups is 1. The van der Waals surface area contributed by atoms with E-state index in [0.717, 1.165) is 70.6 Å². The molecular weight excluding hydrogens is 725 g/mol. The predicted octanol–water partition coefficient (Wildman–Crippen LogP) is 12.9. The SMILES string of the molecule is CC/C=C\C/C=C\C/C=C\C/C=C\C/C=C\CCCCCC(=O)OC(COC(=O)CCCCCCCCCCCCCCCCCC)COP(=O)(O)OCCN. The minimum atomic E-state index is -4.39. The topological polar surface area (TPSA) is 134 Å². The lowest BCUT2D eigenvalue weighted by Crippen LogP contribution is -2.29. The van der Waals surface area contributed by atoms with E-state index in [0.29, 0.717) is 6.42 Å². The number of rotatable bonds is 41. The van der Waals surface area contributed by atoms with Crippen molar-refractivity contribution >= 4 is 19.8 Å². The fourth-order valence-electron chi connectivity index (χ4n) is 5.90. The summed E-state index contributed by atoms with van der Waals surface area (Å²) in [6.07, 6.45) is 49.6. The van der Waals surface area contributed by atoms with Crippen LogP contribution in [0.25, 0.3) is 0 Å². The summed E-state index contributed by atoms with van der Waals surface area (Å²) >= 11 is 0. The average molecular weight is 808 g/mol. The molecule has 0 rings (SSSR count). The van der Waals surface area contributed by atoms with Gasteiger partial charge in [0, 0.05) is 19.4 Å². The number of hydrogen-bond donors (Lipinski definition) is 2. The minimum Gasteiger partial charge on any atom is -0.462 e. The van der Waals surface area contributed by atoms with Crippen LogP contribution >= 0.6 is 7.82 Å². The zero-order valence-corrected chi connectivity index (χ0v) is 36.5. The van der Waals surface area contributed by atoms with Crippen LogP contribution in [0, 0.1) is 0 Å². The summed E-state index contributed by atoms with van der Waals surface area (Å²) in [6.45, 7) is 3.58. The summed E-state index contributed by atoms with van der Waals surface area (Å²) in [5.74, 6) is -0.865. The highest BCUT2D eigenvalue weighted by Gasteiger charge is 2.26. The first kappa shape index (κ1) is 53.7. The van der Waals surface area contributed by atoms with Crippen molar-refractivity contribution in [2.24, 2.45) is 5.73 Å². The normalized spacial score (nSPS) is 13.9. The van der Waals surface area contributed by atoms with Gasteiger partial charge in [0.2, 0.25) is 0 Å². The van der Waals surface area contributed by atoms with Gasteiger partial charge in [0.1, 0.15) is 6.61 Å². The number of ether oxygens (including phenoxy) is 2. The van der Waals surface area contributed by atoms with E-state index < -0.39 is 32.5 Å². The number of hydrogen-bond acceptors (Lipinski definition) is 8. The maximum absolute atomic E-state index is 12.6. The second kappa shape index (κ2) is 42.3. The first-order valence-electron chi connectivity index (χ1n) is 22.3. The molecule has 0 spiro atoms. The Morgan fingerprint density at radius 2 is 0.982 bits per heavy atom.